The van der Waals surface area contributed by atoms with Gasteiger partial charge in [0.15, 0.2) is 0 Å². The quantitative estimate of drug-likeness (QED) is 0.572. The zero-order valence-corrected chi connectivity index (χ0v) is 15.4. The maximum atomic E-state index is 12.3. The van der Waals surface area contributed by atoms with Crippen molar-refractivity contribution in [3.8, 4) is 0 Å². The van der Waals surface area contributed by atoms with Gasteiger partial charge in [0.25, 0.3) is 11.6 Å². The highest BCUT2D eigenvalue weighted by Gasteiger charge is 2.21. The number of piperazine rings is 1. The number of carbonyl (C=O) groups excluding carboxylic acids is 2. The van der Waals surface area contributed by atoms with Crippen molar-refractivity contribution in [1.82, 2.24) is 15.1 Å². The van der Waals surface area contributed by atoms with Crippen LogP contribution in [0.15, 0.2) is 47.1 Å². The highest BCUT2D eigenvalue weighted by atomic mass is 16.6. The molecule has 0 radical (unpaired) electrons. The molecule has 9 heteroatoms. The predicted molar refractivity (Wildman–Crippen MR) is 101 cm³/mol. The van der Waals surface area contributed by atoms with E-state index in [1.54, 1.807) is 11.2 Å². The van der Waals surface area contributed by atoms with Gasteiger partial charge in [-0.05, 0) is 24.3 Å². The van der Waals surface area contributed by atoms with Crippen LogP contribution < -0.4 is 5.32 Å². The number of furan rings is 1. The van der Waals surface area contributed by atoms with Gasteiger partial charge in [-0.1, -0.05) is 0 Å². The Kier molecular flexibility index (Phi) is 6.38. The van der Waals surface area contributed by atoms with Gasteiger partial charge in [-0.3, -0.25) is 24.6 Å². The minimum Gasteiger partial charge on any atom is -0.468 e. The molecule has 1 N–H and O–H groups in total. The second-order valence-electron chi connectivity index (χ2n) is 6.55. The number of nitro benzene ring substituents is 1. The van der Waals surface area contributed by atoms with Crippen LogP contribution in [0.5, 0.6) is 0 Å². The van der Waals surface area contributed by atoms with Crippen molar-refractivity contribution >= 4 is 17.5 Å². The molecule has 1 aliphatic rings. The molecule has 28 heavy (non-hydrogen) atoms. The molecular formula is C19H22N4O5. The van der Waals surface area contributed by atoms with E-state index in [-0.39, 0.29) is 30.5 Å². The summed E-state index contributed by atoms with van der Waals surface area (Å²) in [5, 5.41) is 13.3. The van der Waals surface area contributed by atoms with E-state index >= 15 is 0 Å². The van der Waals surface area contributed by atoms with Gasteiger partial charge in [0, 0.05) is 56.8 Å². The Bertz CT molecular complexity index is 811. The van der Waals surface area contributed by atoms with Crippen LogP contribution in [0, 0.1) is 10.1 Å². The molecule has 1 saturated heterocycles. The van der Waals surface area contributed by atoms with Gasteiger partial charge in [0.2, 0.25) is 5.91 Å². The third kappa shape index (κ3) is 5.17. The van der Waals surface area contributed by atoms with E-state index in [1.807, 2.05) is 12.1 Å². The van der Waals surface area contributed by atoms with E-state index in [0.717, 1.165) is 25.4 Å². The Balaban J connectivity index is 1.37. The van der Waals surface area contributed by atoms with E-state index in [9.17, 15) is 19.7 Å². The molecule has 2 amide bonds. The van der Waals surface area contributed by atoms with Gasteiger partial charge in [0.1, 0.15) is 5.76 Å². The van der Waals surface area contributed by atoms with E-state index in [1.165, 1.54) is 24.3 Å². The van der Waals surface area contributed by atoms with Gasteiger partial charge in [-0.15, -0.1) is 0 Å². The SMILES string of the molecule is O=C(NCCC(=O)N1CCN(Cc2ccco2)CC1)c1ccc([N+](=O)[O-])cc1. The second-order valence-corrected chi connectivity index (χ2v) is 6.55. The van der Waals surface area contributed by atoms with Crippen LogP contribution in [0.4, 0.5) is 5.69 Å². The second kappa shape index (κ2) is 9.14. The minimum atomic E-state index is -0.519. The third-order valence-electron chi connectivity index (χ3n) is 4.65. The number of amides is 2. The summed E-state index contributed by atoms with van der Waals surface area (Å²) in [6.07, 6.45) is 1.87. The highest BCUT2D eigenvalue weighted by Crippen LogP contribution is 2.12. The molecular weight excluding hydrogens is 364 g/mol. The van der Waals surface area contributed by atoms with E-state index < -0.39 is 4.92 Å². The van der Waals surface area contributed by atoms with Crippen LogP contribution in [-0.2, 0) is 11.3 Å². The Morgan fingerprint density at radius 2 is 1.82 bits per heavy atom. The molecule has 1 aromatic carbocycles. The molecule has 0 atom stereocenters. The lowest BCUT2D eigenvalue weighted by Gasteiger charge is -2.34. The highest BCUT2D eigenvalue weighted by molar-refractivity contribution is 5.94. The average Bonchev–Trinajstić information content (AvgIpc) is 3.21. The lowest BCUT2D eigenvalue weighted by atomic mass is 10.2. The molecule has 3 rings (SSSR count). The predicted octanol–water partition coefficient (Wildman–Crippen LogP) is 1.65. The first-order valence-electron chi connectivity index (χ1n) is 9.08. The number of hydrogen-bond donors (Lipinski definition) is 1. The number of carbonyl (C=O) groups is 2. The Hall–Kier alpha value is -3.20. The number of nitrogens with zero attached hydrogens (tertiary/aromatic N) is 3. The molecule has 0 bridgehead atoms. The summed E-state index contributed by atoms with van der Waals surface area (Å²) in [6.45, 7) is 3.82. The largest absolute Gasteiger partial charge is 0.468 e. The van der Waals surface area contributed by atoms with Crippen LogP contribution in [0.3, 0.4) is 0 Å². The number of nitrogens with one attached hydrogen (secondary N) is 1. The first-order chi connectivity index (χ1) is 13.5. The first kappa shape index (κ1) is 19.6. The van der Waals surface area contributed by atoms with Crippen molar-refractivity contribution in [2.75, 3.05) is 32.7 Å². The fourth-order valence-electron chi connectivity index (χ4n) is 3.06. The summed E-state index contributed by atoms with van der Waals surface area (Å²) in [4.78, 5) is 38.5. The zero-order chi connectivity index (χ0) is 19.9. The van der Waals surface area contributed by atoms with Gasteiger partial charge in [-0.25, -0.2) is 0 Å². The van der Waals surface area contributed by atoms with Gasteiger partial charge < -0.3 is 14.6 Å². The summed E-state index contributed by atoms with van der Waals surface area (Å²) in [6, 6.07) is 9.15. The smallest absolute Gasteiger partial charge is 0.269 e. The van der Waals surface area contributed by atoms with Crippen molar-refractivity contribution in [2.24, 2.45) is 0 Å². The van der Waals surface area contributed by atoms with Crippen LogP contribution in [-0.4, -0.2) is 59.3 Å². The summed E-state index contributed by atoms with van der Waals surface area (Å²) in [5.41, 5.74) is 0.252. The van der Waals surface area contributed by atoms with E-state index in [4.69, 9.17) is 4.42 Å². The third-order valence-corrected chi connectivity index (χ3v) is 4.65. The standard InChI is InChI=1S/C19H22N4O5/c24-18(22-11-9-21(10-12-22)14-17-2-1-13-28-17)7-8-20-19(25)15-3-5-16(6-4-15)23(26)27/h1-6,13H,7-12,14H2,(H,20,25). The molecule has 1 aromatic heterocycles. The van der Waals surface area contributed by atoms with Crippen molar-refractivity contribution in [3.63, 3.8) is 0 Å². The maximum absolute atomic E-state index is 12.3. The Labute approximate surface area is 162 Å². The van der Waals surface area contributed by atoms with Gasteiger partial charge in [0.05, 0.1) is 17.7 Å². The van der Waals surface area contributed by atoms with Crippen LogP contribution >= 0.6 is 0 Å². The maximum Gasteiger partial charge on any atom is 0.269 e. The number of hydrogen-bond acceptors (Lipinski definition) is 6. The fraction of sp³-hybridized carbons (Fsp3) is 0.368. The first-order valence-corrected chi connectivity index (χ1v) is 9.08. The average molecular weight is 386 g/mol. The number of non-ortho nitro benzene ring substituents is 1. The lowest BCUT2D eigenvalue weighted by Crippen LogP contribution is -2.48. The van der Waals surface area contributed by atoms with E-state index in [0.29, 0.717) is 18.7 Å². The summed E-state index contributed by atoms with van der Waals surface area (Å²) in [7, 11) is 0. The molecule has 2 heterocycles. The monoisotopic (exact) mass is 386 g/mol. The van der Waals surface area contributed by atoms with Crippen molar-refractivity contribution < 1.29 is 18.9 Å². The van der Waals surface area contributed by atoms with E-state index in [2.05, 4.69) is 10.2 Å². The van der Waals surface area contributed by atoms with Crippen molar-refractivity contribution in [3.05, 3.63) is 64.1 Å². The number of rotatable bonds is 7. The molecule has 148 valence electrons. The van der Waals surface area contributed by atoms with Crippen LogP contribution in [0.25, 0.3) is 0 Å². The molecule has 2 aromatic rings. The Morgan fingerprint density at radius 3 is 2.43 bits per heavy atom. The Morgan fingerprint density at radius 1 is 1.11 bits per heavy atom. The molecule has 0 saturated carbocycles. The molecule has 0 unspecified atom stereocenters. The van der Waals surface area contributed by atoms with Gasteiger partial charge >= 0.3 is 0 Å². The normalized spacial score (nSPS) is 14.6. The molecule has 0 spiro atoms. The lowest BCUT2D eigenvalue weighted by molar-refractivity contribution is -0.384. The van der Waals surface area contributed by atoms with Crippen LogP contribution in [0.1, 0.15) is 22.5 Å². The fourth-order valence-corrected chi connectivity index (χ4v) is 3.06. The molecule has 1 aliphatic heterocycles. The molecule has 1 fully saturated rings. The summed E-state index contributed by atoms with van der Waals surface area (Å²) in [5.74, 6) is 0.557. The number of nitro groups is 1. The minimum absolute atomic E-state index is 0.00153. The van der Waals surface area contributed by atoms with Crippen LogP contribution in [0.2, 0.25) is 0 Å². The summed E-state index contributed by atoms with van der Waals surface area (Å²) < 4.78 is 5.35. The summed E-state index contributed by atoms with van der Waals surface area (Å²) >= 11 is 0. The molecule has 9 nitrogen and oxygen atoms in total. The van der Waals surface area contributed by atoms with Crippen molar-refractivity contribution in [2.45, 2.75) is 13.0 Å². The van der Waals surface area contributed by atoms with Crippen molar-refractivity contribution in [1.29, 1.82) is 0 Å². The van der Waals surface area contributed by atoms with Gasteiger partial charge in [-0.2, -0.15) is 0 Å². The number of benzene rings is 1. The topological polar surface area (TPSA) is 109 Å². The zero-order valence-electron chi connectivity index (χ0n) is 15.4. The molecule has 0 aliphatic carbocycles.